The van der Waals surface area contributed by atoms with Gasteiger partial charge in [-0.1, -0.05) is 27.5 Å². The standard InChI is InChI=1S/C13H15BrClNO2/c14-11-1-2-12(15)10(6-11)8-16-4-3-9(7-16)5-13(17)18/h1-2,6,9H,3-5,7-8H2,(H,17,18). The molecule has 18 heavy (non-hydrogen) atoms. The summed E-state index contributed by atoms with van der Waals surface area (Å²) in [5, 5.41) is 9.55. The van der Waals surface area contributed by atoms with Gasteiger partial charge in [0, 0.05) is 29.0 Å². The van der Waals surface area contributed by atoms with Crippen LogP contribution in [0.4, 0.5) is 0 Å². The molecule has 0 aromatic heterocycles. The van der Waals surface area contributed by atoms with Crippen LogP contribution in [0.15, 0.2) is 22.7 Å². The number of carbonyl (C=O) groups is 1. The van der Waals surface area contributed by atoms with Crippen LogP contribution in [0.25, 0.3) is 0 Å². The number of nitrogens with zero attached hydrogens (tertiary/aromatic N) is 1. The number of carboxylic acid groups (broad SMARTS) is 1. The van der Waals surface area contributed by atoms with Crippen LogP contribution in [0.1, 0.15) is 18.4 Å². The highest BCUT2D eigenvalue weighted by Crippen LogP contribution is 2.26. The van der Waals surface area contributed by atoms with Gasteiger partial charge in [-0.15, -0.1) is 0 Å². The van der Waals surface area contributed by atoms with Crippen LogP contribution >= 0.6 is 27.5 Å². The molecule has 0 saturated carbocycles. The lowest BCUT2D eigenvalue weighted by atomic mass is 10.1. The summed E-state index contributed by atoms with van der Waals surface area (Å²) in [5.41, 5.74) is 1.09. The lowest BCUT2D eigenvalue weighted by molar-refractivity contribution is -0.138. The highest BCUT2D eigenvalue weighted by molar-refractivity contribution is 9.10. The van der Waals surface area contributed by atoms with Crippen LogP contribution in [0.5, 0.6) is 0 Å². The predicted molar refractivity (Wildman–Crippen MR) is 74.8 cm³/mol. The second-order valence-corrected chi connectivity index (χ2v) is 6.05. The fourth-order valence-corrected chi connectivity index (χ4v) is 2.96. The van der Waals surface area contributed by atoms with Crippen molar-refractivity contribution in [3.05, 3.63) is 33.3 Å². The van der Waals surface area contributed by atoms with Gasteiger partial charge in [0.25, 0.3) is 0 Å². The zero-order valence-electron chi connectivity index (χ0n) is 9.90. The molecule has 1 heterocycles. The summed E-state index contributed by atoms with van der Waals surface area (Å²) in [5.74, 6) is -0.434. The number of aliphatic carboxylic acids is 1. The first-order valence-electron chi connectivity index (χ1n) is 5.92. The fourth-order valence-electron chi connectivity index (χ4n) is 2.38. The van der Waals surface area contributed by atoms with Gasteiger partial charge in [-0.05, 0) is 42.6 Å². The Morgan fingerprint density at radius 2 is 2.33 bits per heavy atom. The summed E-state index contributed by atoms with van der Waals surface area (Å²) < 4.78 is 1.02. The molecule has 2 rings (SSSR count). The van der Waals surface area contributed by atoms with Crippen molar-refractivity contribution >= 4 is 33.5 Å². The van der Waals surface area contributed by atoms with Gasteiger partial charge in [-0.2, -0.15) is 0 Å². The van der Waals surface area contributed by atoms with Crippen molar-refractivity contribution in [2.75, 3.05) is 13.1 Å². The molecule has 5 heteroatoms. The maximum absolute atomic E-state index is 10.7. The average Bonchev–Trinajstić information content (AvgIpc) is 2.70. The van der Waals surface area contributed by atoms with Crippen molar-refractivity contribution in [3.8, 4) is 0 Å². The Balaban J connectivity index is 1.95. The van der Waals surface area contributed by atoms with Crippen LogP contribution in [-0.2, 0) is 11.3 Å². The first-order chi connectivity index (χ1) is 8.54. The Bertz CT molecular complexity index is 453. The van der Waals surface area contributed by atoms with E-state index in [1.54, 1.807) is 0 Å². The van der Waals surface area contributed by atoms with E-state index in [-0.39, 0.29) is 12.3 Å². The Hall–Kier alpha value is -0.580. The van der Waals surface area contributed by atoms with Gasteiger partial charge in [0.05, 0.1) is 0 Å². The van der Waals surface area contributed by atoms with E-state index < -0.39 is 5.97 Å². The minimum absolute atomic E-state index is 0.267. The Labute approximate surface area is 120 Å². The molecule has 1 aromatic rings. The molecule has 1 aliphatic heterocycles. The first kappa shape index (κ1) is 13.8. The third-order valence-corrected chi connectivity index (χ3v) is 4.10. The highest BCUT2D eigenvalue weighted by atomic mass is 79.9. The molecular formula is C13H15BrClNO2. The molecule has 1 saturated heterocycles. The Morgan fingerprint density at radius 1 is 1.56 bits per heavy atom. The zero-order valence-corrected chi connectivity index (χ0v) is 12.2. The summed E-state index contributed by atoms with van der Waals surface area (Å²) in [4.78, 5) is 12.9. The molecule has 0 radical (unpaired) electrons. The highest BCUT2D eigenvalue weighted by Gasteiger charge is 2.24. The summed E-state index contributed by atoms with van der Waals surface area (Å²) in [6.45, 7) is 2.57. The van der Waals surface area contributed by atoms with Gasteiger partial charge in [0.15, 0.2) is 0 Å². The largest absolute Gasteiger partial charge is 0.481 e. The maximum atomic E-state index is 10.7. The Morgan fingerprint density at radius 3 is 3.06 bits per heavy atom. The van der Waals surface area contributed by atoms with Crippen molar-refractivity contribution in [2.24, 2.45) is 5.92 Å². The van der Waals surface area contributed by atoms with Crippen LogP contribution in [-0.4, -0.2) is 29.1 Å². The molecule has 0 aliphatic carbocycles. The van der Waals surface area contributed by atoms with Crippen molar-refractivity contribution in [2.45, 2.75) is 19.4 Å². The molecule has 98 valence electrons. The molecule has 0 amide bonds. The third-order valence-electron chi connectivity index (χ3n) is 3.23. The van der Waals surface area contributed by atoms with E-state index in [0.717, 1.165) is 41.1 Å². The van der Waals surface area contributed by atoms with E-state index in [4.69, 9.17) is 16.7 Å². The minimum atomic E-state index is -0.706. The van der Waals surface area contributed by atoms with Crippen molar-refractivity contribution in [1.29, 1.82) is 0 Å². The van der Waals surface area contributed by atoms with E-state index in [2.05, 4.69) is 20.8 Å². The van der Waals surface area contributed by atoms with Gasteiger partial charge in [0.1, 0.15) is 0 Å². The number of benzene rings is 1. The zero-order chi connectivity index (χ0) is 13.1. The molecule has 1 fully saturated rings. The molecule has 3 nitrogen and oxygen atoms in total. The topological polar surface area (TPSA) is 40.5 Å². The van der Waals surface area contributed by atoms with Gasteiger partial charge in [0.2, 0.25) is 0 Å². The molecule has 1 unspecified atom stereocenters. The molecular weight excluding hydrogens is 318 g/mol. The van der Waals surface area contributed by atoms with E-state index in [9.17, 15) is 4.79 Å². The number of likely N-dealkylation sites (tertiary alicyclic amines) is 1. The molecule has 1 aromatic carbocycles. The second-order valence-electron chi connectivity index (χ2n) is 4.72. The first-order valence-corrected chi connectivity index (χ1v) is 7.10. The molecule has 0 spiro atoms. The SMILES string of the molecule is O=C(O)CC1CCN(Cc2cc(Br)ccc2Cl)C1. The fraction of sp³-hybridized carbons (Fsp3) is 0.462. The number of hydrogen-bond donors (Lipinski definition) is 1. The van der Waals surface area contributed by atoms with E-state index in [1.807, 2.05) is 18.2 Å². The van der Waals surface area contributed by atoms with Crippen LogP contribution in [0, 0.1) is 5.92 Å². The average molecular weight is 333 g/mol. The van der Waals surface area contributed by atoms with Crippen LogP contribution in [0.2, 0.25) is 5.02 Å². The lowest BCUT2D eigenvalue weighted by Crippen LogP contribution is -2.21. The maximum Gasteiger partial charge on any atom is 0.303 e. The number of carboxylic acids is 1. The minimum Gasteiger partial charge on any atom is -0.481 e. The van der Waals surface area contributed by atoms with Crippen LogP contribution < -0.4 is 0 Å². The van der Waals surface area contributed by atoms with E-state index in [1.165, 1.54) is 0 Å². The van der Waals surface area contributed by atoms with Crippen LogP contribution in [0.3, 0.4) is 0 Å². The smallest absolute Gasteiger partial charge is 0.303 e. The lowest BCUT2D eigenvalue weighted by Gasteiger charge is -2.16. The third kappa shape index (κ3) is 3.70. The second kappa shape index (κ2) is 6.04. The predicted octanol–water partition coefficient (Wildman–Crippen LogP) is 3.40. The molecule has 1 aliphatic rings. The van der Waals surface area contributed by atoms with Crippen molar-refractivity contribution in [3.63, 3.8) is 0 Å². The van der Waals surface area contributed by atoms with Gasteiger partial charge in [-0.3, -0.25) is 9.69 Å². The summed E-state index contributed by atoms with van der Waals surface area (Å²) in [6.07, 6.45) is 1.22. The summed E-state index contributed by atoms with van der Waals surface area (Å²) in [7, 11) is 0. The van der Waals surface area contributed by atoms with Gasteiger partial charge >= 0.3 is 5.97 Å². The van der Waals surface area contributed by atoms with Gasteiger partial charge < -0.3 is 5.11 Å². The number of halogens is 2. The molecule has 0 bridgehead atoms. The normalized spacial score (nSPS) is 20.2. The molecule has 1 atom stereocenters. The van der Waals surface area contributed by atoms with Gasteiger partial charge in [-0.25, -0.2) is 0 Å². The van der Waals surface area contributed by atoms with E-state index >= 15 is 0 Å². The summed E-state index contributed by atoms with van der Waals surface area (Å²) in [6, 6.07) is 5.82. The van der Waals surface area contributed by atoms with E-state index in [0.29, 0.717) is 0 Å². The molecule has 1 N–H and O–H groups in total. The summed E-state index contributed by atoms with van der Waals surface area (Å²) >= 11 is 9.59. The van der Waals surface area contributed by atoms with Crippen molar-refractivity contribution in [1.82, 2.24) is 4.90 Å². The Kier molecular flexibility index (Phi) is 4.65. The van der Waals surface area contributed by atoms with Crippen molar-refractivity contribution < 1.29 is 9.90 Å². The quantitative estimate of drug-likeness (QED) is 0.918. The number of hydrogen-bond acceptors (Lipinski definition) is 2. The number of rotatable bonds is 4. The monoisotopic (exact) mass is 331 g/mol.